The van der Waals surface area contributed by atoms with Crippen molar-refractivity contribution in [3.8, 4) is 0 Å². The Kier molecular flexibility index (Phi) is 29.0. The molecular weight excluding hydrogens is 347 g/mol. The Morgan fingerprint density at radius 3 is 0.643 bits per heavy atom. The van der Waals surface area contributed by atoms with Crippen LogP contribution in [0.25, 0.3) is 0 Å². The van der Waals surface area contributed by atoms with Gasteiger partial charge < -0.3 is 0 Å². The molecule has 0 unspecified atom stereocenters. The van der Waals surface area contributed by atoms with E-state index in [2.05, 4.69) is 6.92 Å². The SMILES string of the molecule is CCCCCCCCCCCCCCCCCCCCCCCCCC[CH2][Na]. The molecule has 0 aliphatic rings. The van der Waals surface area contributed by atoms with Crippen LogP contribution in [0.3, 0.4) is 0 Å². The summed E-state index contributed by atoms with van der Waals surface area (Å²) in [5.41, 5.74) is 0. The van der Waals surface area contributed by atoms with Gasteiger partial charge in [-0.1, -0.05) is 96.8 Å². The molecule has 0 aliphatic heterocycles. The molecule has 0 saturated heterocycles. The first-order valence-electron chi connectivity index (χ1n) is 13.9. The van der Waals surface area contributed by atoms with Gasteiger partial charge in [-0.3, -0.25) is 0 Å². The van der Waals surface area contributed by atoms with Crippen molar-refractivity contribution in [3.63, 3.8) is 0 Å². The molecule has 0 radical (unpaired) electrons. The van der Waals surface area contributed by atoms with Crippen LogP contribution >= 0.6 is 0 Å². The van der Waals surface area contributed by atoms with E-state index in [1.165, 1.54) is 192 Å². The molecule has 164 valence electrons. The van der Waals surface area contributed by atoms with Gasteiger partial charge in [0.2, 0.25) is 0 Å². The van der Waals surface area contributed by atoms with Crippen LogP contribution in [0.5, 0.6) is 0 Å². The van der Waals surface area contributed by atoms with Gasteiger partial charge in [-0.2, -0.15) is 0 Å². The molecule has 0 aromatic carbocycles. The molecule has 0 rings (SSSR count). The van der Waals surface area contributed by atoms with Crippen molar-refractivity contribution in [2.24, 2.45) is 0 Å². The van der Waals surface area contributed by atoms with Crippen molar-refractivity contribution < 1.29 is 0 Å². The van der Waals surface area contributed by atoms with Crippen molar-refractivity contribution in [2.45, 2.75) is 171 Å². The molecule has 0 heterocycles. The van der Waals surface area contributed by atoms with Gasteiger partial charge in [-0.25, -0.2) is 0 Å². The van der Waals surface area contributed by atoms with Crippen molar-refractivity contribution in [1.29, 1.82) is 0 Å². The Balaban J connectivity index is 2.96. The van der Waals surface area contributed by atoms with Crippen LogP contribution in [0, 0.1) is 0 Å². The third kappa shape index (κ3) is 27.0. The molecule has 0 atom stereocenters. The molecule has 0 nitrogen and oxygen atoms in total. The average molecular weight is 403 g/mol. The standard InChI is InChI=1S/C27H55.Na/c1-3-5-7-9-11-13-15-17-19-21-23-25-27-26-24-22-20-18-16-14-12-10-8-6-4-2;/h1,3-27H2,2H3;. The Labute approximate surface area is 198 Å². The van der Waals surface area contributed by atoms with Gasteiger partial charge in [-0.05, 0) is 0 Å². The fraction of sp³-hybridized carbons (Fsp3) is 1.00. The zero-order chi connectivity index (χ0) is 20.4. The van der Waals surface area contributed by atoms with E-state index in [0.29, 0.717) is 0 Å². The summed E-state index contributed by atoms with van der Waals surface area (Å²) in [6, 6.07) is 0. The molecule has 0 fully saturated rings. The number of rotatable bonds is 25. The molecule has 0 spiro atoms. The molecule has 1 heteroatoms. The van der Waals surface area contributed by atoms with E-state index in [1.54, 1.807) is 0 Å². The predicted molar refractivity (Wildman–Crippen MR) is 132 cm³/mol. The summed E-state index contributed by atoms with van der Waals surface area (Å²) in [4.78, 5) is 0. The first-order chi connectivity index (χ1) is 13.9. The van der Waals surface area contributed by atoms with Gasteiger partial charge in [0.1, 0.15) is 0 Å². The normalized spacial score (nSPS) is 11.4. The molecule has 0 aromatic heterocycles. The Morgan fingerprint density at radius 1 is 0.286 bits per heavy atom. The fourth-order valence-corrected chi connectivity index (χ4v) is 4.89. The predicted octanol–water partition coefficient (Wildman–Crippen LogP) is 10.3. The average Bonchev–Trinajstić information content (AvgIpc) is 2.71. The minimum atomic E-state index is 1.38. The Hall–Kier alpha value is 1.00. The van der Waals surface area contributed by atoms with Gasteiger partial charge in [0.15, 0.2) is 0 Å². The molecule has 0 N–H and O–H groups in total. The molecule has 0 aromatic rings. The van der Waals surface area contributed by atoms with E-state index in [4.69, 9.17) is 0 Å². The summed E-state index contributed by atoms with van der Waals surface area (Å²) < 4.78 is 1.51. The van der Waals surface area contributed by atoms with Crippen LogP contribution in [0.2, 0.25) is 3.67 Å². The fourth-order valence-electron chi connectivity index (χ4n) is 4.39. The molecule has 0 bridgehead atoms. The van der Waals surface area contributed by atoms with E-state index in [0.717, 1.165) is 0 Å². The first kappa shape index (κ1) is 29.0. The Bertz CT molecular complexity index is 225. The number of hydrogen-bond donors (Lipinski definition) is 0. The third-order valence-corrected chi connectivity index (χ3v) is 7.16. The minimum absolute atomic E-state index is 1.38. The summed E-state index contributed by atoms with van der Waals surface area (Å²) >= 11 is 1.41. The molecule has 0 aliphatic carbocycles. The van der Waals surface area contributed by atoms with Crippen LogP contribution in [-0.2, 0) is 0 Å². The van der Waals surface area contributed by atoms with Gasteiger partial charge in [0, 0.05) is 0 Å². The van der Waals surface area contributed by atoms with E-state index >= 15 is 0 Å². The topological polar surface area (TPSA) is 0 Å². The van der Waals surface area contributed by atoms with Crippen molar-refractivity contribution in [2.75, 3.05) is 0 Å². The maximum atomic E-state index is 2.30. The van der Waals surface area contributed by atoms with Crippen molar-refractivity contribution in [3.05, 3.63) is 0 Å². The monoisotopic (exact) mass is 402 g/mol. The van der Waals surface area contributed by atoms with Gasteiger partial charge in [0.25, 0.3) is 0 Å². The van der Waals surface area contributed by atoms with E-state index < -0.39 is 0 Å². The summed E-state index contributed by atoms with van der Waals surface area (Å²) in [6.07, 6.45) is 37.2. The van der Waals surface area contributed by atoms with Crippen molar-refractivity contribution >= 4 is 27.9 Å². The molecular formula is C27H55Na. The summed E-state index contributed by atoms with van der Waals surface area (Å²) in [5, 5.41) is 0. The van der Waals surface area contributed by atoms with E-state index in [-0.39, 0.29) is 0 Å². The number of hydrogen-bond acceptors (Lipinski definition) is 0. The second kappa shape index (κ2) is 28.0. The third-order valence-electron chi connectivity index (χ3n) is 6.46. The summed E-state index contributed by atoms with van der Waals surface area (Å²) in [6.45, 7) is 2.30. The van der Waals surface area contributed by atoms with E-state index in [9.17, 15) is 0 Å². The van der Waals surface area contributed by atoms with Crippen LogP contribution in [0.4, 0.5) is 0 Å². The number of unbranched alkanes of at least 4 members (excludes halogenated alkanes) is 24. The van der Waals surface area contributed by atoms with Crippen LogP contribution in [-0.4, -0.2) is 27.9 Å². The summed E-state index contributed by atoms with van der Waals surface area (Å²) in [5.74, 6) is 0. The summed E-state index contributed by atoms with van der Waals surface area (Å²) in [7, 11) is 0. The zero-order valence-electron chi connectivity index (χ0n) is 20.4. The second-order valence-electron chi connectivity index (χ2n) is 9.49. The Morgan fingerprint density at radius 2 is 0.464 bits per heavy atom. The van der Waals surface area contributed by atoms with Gasteiger partial charge in [-0.15, -0.1) is 0 Å². The van der Waals surface area contributed by atoms with Crippen LogP contribution < -0.4 is 0 Å². The van der Waals surface area contributed by atoms with Gasteiger partial charge in [0.05, 0.1) is 0 Å². The molecule has 0 amide bonds. The molecule has 28 heavy (non-hydrogen) atoms. The quantitative estimate of drug-likeness (QED) is 0.105. The second-order valence-corrected chi connectivity index (χ2v) is 10.5. The zero-order valence-corrected chi connectivity index (χ0v) is 22.4. The van der Waals surface area contributed by atoms with Crippen LogP contribution in [0.15, 0.2) is 0 Å². The first-order valence-corrected chi connectivity index (χ1v) is 15.3. The molecule has 0 saturated carbocycles. The van der Waals surface area contributed by atoms with Crippen LogP contribution in [0.1, 0.15) is 167 Å². The van der Waals surface area contributed by atoms with Gasteiger partial charge >= 0.3 is 102 Å². The maximum absolute atomic E-state index is 2.30. The van der Waals surface area contributed by atoms with Crippen molar-refractivity contribution in [1.82, 2.24) is 0 Å². The van der Waals surface area contributed by atoms with E-state index in [1.807, 2.05) is 0 Å².